The first kappa shape index (κ1) is 14.3. The van der Waals surface area contributed by atoms with Crippen molar-refractivity contribution >= 4 is 15.9 Å². The average Bonchev–Trinajstić information content (AvgIpc) is 2.27. The molecule has 0 saturated heterocycles. The van der Waals surface area contributed by atoms with E-state index >= 15 is 0 Å². The standard InChI is InChI=1S/C11H14BrF2NO2/c1-16-5-4-15-7-8-6-9(12)2-3-10(8)17-11(13)14/h2-3,6,11,15H,4-5,7H2,1H3. The highest BCUT2D eigenvalue weighted by Crippen LogP contribution is 2.24. The van der Waals surface area contributed by atoms with Gasteiger partial charge in [0.2, 0.25) is 0 Å². The van der Waals surface area contributed by atoms with Crippen molar-refractivity contribution in [2.45, 2.75) is 13.2 Å². The molecular weight excluding hydrogens is 296 g/mol. The molecule has 0 aliphatic heterocycles. The lowest BCUT2D eigenvalue weighted by molar-refractivity contribution is -0.0505. The van der Waals surface area contributed by atoms with Crippen LogP contribution in [0.3, 0.4) is 0 Å². The monoisotopic (exact) mass is 309 g/mol. The van der Waals surface area contributed by atoms with Gasteiger partial charge < -0.3 is 14.8 Å². The van der Waals surface area contributed by atoms with Crippen LogP contribution in [0, 0.1) is 0 Å². The van der Waals surface area contributed by atoms with E-state index in [1.165, 1.54) is 6.07 Å². The maximum absolute atomic E-state index is 12.2. The third-order valence-corrected chi connectivity index (χ3v) is 2.53. The smallest absolute Gasteiger partial charge is 0.387 e. The van der Waals surface area contributed by atoms with Crippen molar-refractivity contribution in [1.82, 2.24) is 5.32 Å². The highest BCUT2D eigenvalue weighted by Gasteiger charge is 2.09. The molecule has 0 spiro atoms. The first-order chi connectivity index (χ1) is 8.13. The molecule has 0 amide bonds. The van der Waals surface area contributed by atoms with Gasteiger partial charge in [0.15, 0.2) is 0 Å². The molecule has 1 aromatic carbocycles. The summed E-state index contributed by atoms with van der Waals surface area (Å²) in [5, 5.41) is 3.07. The highest BCUT2D eigenvalue weighted by atomic mass is 79.9. The molecule has 6 heteroatoms. The van der Waals surface area contributed by atoms with E-state index in [1.54, 1.807) is 19.2 Å². The van der Waals surface area contributed by atoms with Gasteiger partial charge in [-0.05, 0) is 18.2 Å². The normalized spacial score (nSPS) is 10.9. The Hall–Kier alpha value is -0.720. The molecule has 0 aliphatic rings. The maximum atomic E-state index is 12.2. The van der Waals surface area contributed by atoms with Crippen LogP contribution in [-0.2, 0) is 11.3 Å². The maximum Gasteiger partial charge on any atom is 0.387 e. The minimum atomic E-state index is -2.81. The van der Waals surface area contributed by atoms with E-state index in [9.17, 15) is 8.78 Å². The largest absolute Gasteiger partial charge is 0.434 e. The van der Waals surface area contributed by atoms with Crippen molar-refractivity contribution in [2.75, 3.05) is 20.3 Å². The third kappa shape index (κ3) is 5.43. The van der Waals surface area contributed by atoms with E-state index in [0.29, 0.717) is 25.3 Å². The zero-order chi connectivity index (χ0) is 12.7. The summed E-state index contributed by atoms with van der Waals surface area (Å²) in [5.41, 5.74) is 0.677. The molecule has 0 radical (unpaired) electrons. The molecule has 0 atom stereocenters. The number of ether oxygens (including phenoxy) is 2. The molecule has 0 heterocycles. The second-order valence-corrected chi connectivity index (χ2v) is 4.22. The van der Waals surface area contributed by atoms with Crippen LogP contribution < -0.4 is 10.1 Å². The molecule has 17 heavy (non-hydrogen) atoms. The Morgan fingerprint density at radius 1 is 1.41 bits per heavy atom. The number of halogens is 3. The van der Waals surface area contributed by atoms with Crippen LogP contribution >= 0.6 is 15.9 Å². The van der Waals surface area contributed by atoms with Gasteiger partial charge in [0.25, 0.3) is 0 Å². The van der Waals surface area contributed by atoms with E-state index in [0.717, 1.165) is 4.47 Å². The van der Waals surface area contributed by atoms with Crippen molar-refractivity contribution < 1.29 is 18.3 Å². The molecule has 96 valence electrons. The molecule has 3 nitrogen and oxygen atoms in total. The molecule has 0 aromatic heterocycles. The van der Waals surface area contributed by atoms with Gasteiger partial charge in [0.05, 0.1) is 6.61 Å². The quantitative estimate of drug-likeness (QED) is 0.786. The second-order valence-electron chi connectivity index (χ2n) is 3.30. The number of hydrogen-bond acceptors (Lipinski definition) is 3. The van der Waals surface area contributed by atoms with Crippen molar-refractivity contribution in [2.24, 2.45) is 0 Å². The van der Waals surface area contributed by atoms with Gasteiger partial charge in [0.1, 0.15) is 5.75 Å². The molecule has 1 aromatic rings. The lowest BCUT2D eigenvalue weighted by Crippen LogP contribution is -2.19. The topological polar surface area (TPSA) is 30.5 Å². The SMILES string of the molecule is COCCNCc1cc(Br)ccc1OC(F)F. The first-order valence-corrected chi connectivity index (χ1v) is 5.85. The first-order valence-electron chi connectivity index (χ1n) is 5.06. The zero-order valence-electron chi connectivity index (χ0n) is 9.38. The molecule has 1 rings (SSSR count). The summed E-state index contributed by atoms with van der Waals surface area (Å²) < 4.78 is 34.5. The third-order valence-electron chi connectivity index (χ3n) is 2.04. The molecule has 0 unspecified atom stereocenters. The van der Waals surface area contributed by atoms with Crippen LogP contribution in [0.2, 0.25) is 0 Å². The van der Waals surface area contributed by atoms with Gasteiger partial charge in [-0.3, -0.25) is 0 Å². The fourth-order valence-corrected chi connectivity index (χ4v) is 1.70. The zero-order valence-corrected chi connectivity index (χ0v) is 11.0. The Morgan fingerprint density at radius 3 is 2.82 bits per heavy atom. The number of nitrogens with one attached hydrogen (secondary N) is 1. The molecule has 1 N–H and O–H groups in total. The van der Waals surface area contributed by atoms with Crippen LogP contribution in [0.1, 0.15) is 5.56 Å². The Labute approximate surface area is 107 Å². The fraction of sp³-hybridized carbons (Fsp3) is 0.455. The van der Waals surface area contributed by atoms with Crippen LogP contribution in [0.4, 0.5) is 8.78 Å². The van der Waals surface area contributed by atoms with Gasteiger partial charge in [-0.25, -0.2) is 0 Å². The van der Waals surface area contributed by atoms with Gasteiger partial charge in [0, 0.05) is 30.2 Å². The van der Waals surface area contributed by atoms with E-state index in [2.05, 4.69) is 26.0 Å². The predicted molar refractivity (Wildman–Crippen MR) is 64.4 cm³/mol. The van der Waals surface area contributed by atoms with Crippen LogP contribution in [0.5, 0.6) is 5.75 Å². The lowest BCUT2D eigenvalue weighted by Gasteiger charge is -2.11. The lowest BCUT2D eigenvalue weighted by atomic mass is 10.2. The Bertz CT molecular complexity index is 350. The minimum Gasteiger partial charge on any atom is -0.434 e. The minimum absolute atomic E-state index is 0.188. The summed E-state index contributed by atoms with van der Waals surface area (Å²) in [6, 6.07) is 4.93. The van der Waals surface area contributed by atoms with Crippen LogP contribution in [0.25, 0.3) is 0 Å². The molecule has 0 saturated carbocycles. The summed E-state index contributed by atoms with van der Waals surface area (Å²) in [5.74, 6) is 0.188. The number of hydrogen-bond donors (Lipinski definition) is 1. The van der Waals surface area contributed by atoms with Crippen LogP contribution in [-0.4, -0.2) is 26.9 Å². The van der Waals surface area contributed by atoms with E-state index in [4.69, 9.17) is 4.74 Å². The number of alkyl halides is 2. The Kier molecular flexibility index (Phi) is 6.39. The van der Waals surface area contributed by atoms with E-state index in [1.807, 2.05) is 0 Å². The fourth-order valence-electron chi connectivity index (χ4n) is 1.29. The molecular formula is C11H14BrF2NO2. The summed E-state index contributed by atoms with van der Waals surface area (Å²) in [7, 11) is 1.60. The van der Waals surface area contributed by atoms with Crippen molar-refractivity contribution in [3.05, 3.63) is 28.2 Å². The number of rotatable bonds is 7. The van der Waals surface area contributed by atoms with Gasteiger partial charge in [-0.15, -0.1) is 0 Å². The van der Waals surface area contributed by atoms with Crippen molar-refractivity contribution in [3.63, 3.8) is 0 Å². The van der Waals surface area contributed by atoms with Gasteiger partial charge in [-0.2, -0.15) is 8.78 Å². The summed E-state index contributed by atoms with van der Waals surface area (Å²) in [4.78, 5) is 0. The predicted octanol–water partition coefficient (Wildman–Crippen LogP) is 2.79. The highest BCUT2D eigenvalue weighted by molar-refractivity contribution is 9.10. The summed E-state index contributed by atoms with van der Waals surface area (Å²) in [6.45, 7) is -1.14. The molecule has 0 bridgehead atoms. The van der Waals surface area contributed by atoms with Crippen molar-refractivity contribution in [1.29, 1.82) is 0 Å². The van der Waals surface area contributed by atoms with E-state index in [-0.39, 0.29) is 5.75 Å². The molecule has 0 aliphatic carbocycles. The van der Waals surface area contributed by atoms with Gasteiger partial charge in [-0.1, -0.05) is 15.9 Å². The van der Waals surface area contributed by atoms with E-state index < -0.39 is 6.61 Å². The summed E-state index contributed by atoms with van der Waals surface area (Å²) in [6.07, 6.45) is 0. The molecule has 0 fully saturated rings. The summed E-state index contributed by atoms with van der Waals surface area (Å²) >= 11 is 3.29. The van der Waals surface area contributed by atoms with Gasteiger partial charge >= 0.3 is 6.61 Å². The number of methoxy groups -OCH3 is 1. The number of benzene rings is 1. The Balaban J connectivity index is 2.63. The second kappa shape index (κ2) is 7.58. The van der Waals surface area contributed by atoms with Crippen molar-refractivity contribution in [3.8, 4) is 5.75 Å². The Morgan fingerprint density at radius 2 is 2.18 bits per heavy atom. The average molecular weight is 310 g/mol. The van der Waals surface area contributed by atoms with Crippen LogP contribution in [0.15, 0.2) is 22.7 Å².